The number of aryl methyl sites for hydroxylation is 2. The Morgan fingerprint density at radius 1 is 1.00 bits per heavy atom. The van der Waals surface area contributed by atoms with Gasteiger partial charge in [0.2, 0.25) is 0 Å². The Balaban J connectivity index is 2.58. The molecule has 0 aliphatic rings. The molecule has 2 aromatic carbocycles. The Hall–Kier alpha value is -1.31. The van der Waals surface area contributed by atoms with Gasteiger partial charge in [0.1, 0.15) is 5.60 Å². The molecule has 0 aliphatic heterocycles. The SMILES string of the molecule is Cc1ccc(C(C)(O)c2ccccc2Cl)c(C)c1. The number of halogens is 1. The molecule has 2 rings (SSSR count). The van der Waals surface area contributed by atoms with Gasteiger partial charge in [0.15, 0.2) is 0 Å². The maximum absolute atomic E-state index is 10.8. The quantitative estimate of drug-likeness (QED) is 0.858. The molecule has 0 radical (unpaired) electrons. The molecule has 0 aliphatic carbocycles. The molecule has 0 saturated heterocycles. The van der Waals surface area contributed by atoms with Crippen molar-refractivity contribution in [3.8, 4) is 0 Å². The minimum absolute atomic E-state index is 0.586. The molecule has 0 bridgehead atoms. The summed E-state index contributed by atoms with van der Waals surface area (Å²) in [6, 6.07) is 13.5. The monoisotopic (exact) mass is 260 g/mol. The van der Waals surface area contributed by atoms with E-state index in [1.54, 1.807) is 13.0 Å². The minimum atomic E-state index is -1.07. The molecule has 18 heavy (non-hydrogen) atoms. The van der Waals surface area contributed by atoms with Crippen LogP contribution in [0.3, 0.4) is 0 Å². The van der Waals surface area contributed by atoms with Gasteiger partial charge in [-0.05, 0) is 38.0 Å². The first-order valence-electron chi connectivity index (χ1n) is 5.98. The van der Waals surface area contributed by atoms with E-state index in [9.17, 15) is 5.11 Å². The molecule has 94 valence electrons. The van der Waals surface area contributed by atoms with Crippen LogP contribution in [0.15, 0.2) is 42.5 Å². The van der Waals surface area contributed by atoms with Crippen LogP contribution in [0.1, 0.15) is 29.2 Å². The number of hydrogen-bond acceptors (Lipinski definition) is 1. The van der Waals surface area contributed by atoms with Gasteiger partial charge >= 0.3 is 0 Å². The predicted molar refractivity (Wildman–Crippen MR) is 76.0 cm³/mol. The number of hydrogen-bond donors (Lipinski definition) is 1. The summed E-state index contributed by atoms with van der Waals surface area (Å²) in [6.45, 7) is 5.83. The van der Waals surface area contributed by atoms with Crippen LogP contribution in [0.2, 0.25) is 5.02 Å². The Kier molecular flexibility index (Phi) is 3.47. The highest BCUT2D eigenvalue weighted by molar-refractivity contribution is 6.31. The van der Waals surface area contributed by atoms with Crippen molar-refractivity contribution < 1.29 is 5.11 Å². The zero-order chi connectivity index (χ0) is 13.3. The van der Waals surface area contributed by atoms with Gasteiger partial charge in [0.05, 0.1) is 0 Å². The second-order valence-corrected chi connectivity index (χ2v) is 5.28. The van der Waals surface area contributed by atoms with Crippen LogP contribution >= 0.6 is 11.6 Å². The maximum atomic E-state index is 10.8. The first-order valence-corrected chi connectivity index (χ1v) is 6.36. The van der Waals surface area contributed by atoms with Gasteiger partial charge in [0.25, 0.3) is 0 Å². The summed E-state index contributed by atoms with van der Waals surface area (Å²) in [5.74, 6) is 0. The second-order valence-electron chi connectivity index (χ2n) is 4.87. The van der Waals surface area contributed by atoms with E-state index in [2.05, 4.69) is 6.07 Å². The van der Waals surface area contributed by atoms with E-state index < -0.39 is 5.60 Å². The third kappa shape index (κ3) is 2.29. The van der Waals surface area contributed by atoms with Gasteiger partial charge in [-0.2, -0.15) is 0 Å². The molecule has 0 amide bonds. The summed E-state index contributed by atoms with van der Waals surface area (Å²) >= 11 is 6.18. The zero-order valence-electron chi connectivity index (χ0n) is 10.9. The standard InChI is InChI=1S/C16H17ClO/c1-11-8-9-13(12(2)10-11)16(3,18)14-6-4-5-7-15(14)17/h4-10,18H,1-3H3. The van der Waals surface area contributed by atoms with Crippen LogP contribution in [0, 0.1) is 13.8 Å². The molecule has 0 spiro atoms. The first-order chi connectivity index (χ1) is 8.43. The van der Waals surface area contributed by atoms with Gasteiger partial charge in [-0.25, -0.2) is 0 Å². The smallest absolute Gasteiger partial charge is 0.113 e. The highest BCUT2D eigenvalue weighted by atomic mass is 35.5. The molecule has 1 N–H and O–H groups in total. The van der Waals surface area contributed by atoms with Crippen molar-refractivity contribution in [2.45, 2.75) is 26.4 Å². The largest absolute Gasteiger partial charge is 0.381 e. The molecule has 0 aromatic heterocycles. The lowest BCUT2D eigenvalue weighted by Gasteiger charge is -2.27. The normalized spacial score (nSPS) is 14.3. The molecule has 1 atom stereocenters. The lowest BCUT2D eigenvalue weighted by Crippen LogP contribution is -2.24. The van der Waals surface area contributed by atoms with Crippen molar-refractivity contribution in [1.82, 2.24) is 0 Å². The first kappa shape index (κ1) is 13.1. The third-order valence-electron chi connectivity index (χ3n) is 3.30. The second kappa shape index (κ2) is 4.75. The van der Waals surface area contributed by atoms with Crippen LogP contribution in [-0.2, 0) is 5.60 Å². The topological polar surface area (TPSA) is 20.2 Å². The minimum Gasteiger partial charge on any atom is -0.381 e. The Bertz CT molecular complexity index is 573. The molecule has 0 saturated carbocycles. The van der Waals surface area contributed by atoms with E-state index in [1.807, 2.05) is 44.2 Å². The van der Waals surface area contributed by atoms with E-state index in [-0.39, 0.29) is 0 Å². The van der Waals surface area contributed by atoms with Crippen LogP contribution in [0.4, 0.5) is 0 Å². The third-order valence-corrected chi connectivity index (χ3v) is 3.63. The molecule has 0 heterocycles. The highest BCUT2D eigenvalue weighted by Gasteiger charge is 2.29. The summed E-state index contributed by atoms with van der Waals surface area (Å²) in [5, 5.41) is 11.4. The van der Waals surface area contributed by atoms with Gasteiger partial charge in [-0.1, -0.05) is 53.6 Å². The van der Waals surface area contributed by atoms with Crippen molar-refractivity contribution in [2.75, 3.05) is 0 Å². The van der Waals surface area contributed by atoms with Gasteiger partial charge in [-0.15, -0.1) is 0 Å². The average Bonchev–Trinajstić information content (AvgIpc) is 2.28. The molecular formula is C16H17ClO. The summed E-state index contributed by atoms with van der Waals surface area (Å²) in [7, 11) is 0. The molecular weight excluding hydrogens is 244 g/mol. The van der Waals surface area contributed by atoms with E-state index in [0.717, 1.165) is 16.7 Å². The van der Waals surface area contributed by atoms with Crippen LogP contribution < -0.4 is 0 Å². The van der Waals surface area contributed by atoms with Gasteiger partial charge in [0, 0.05) is 10.6 Å². The van der Waals surface area contributed by atoms with E-state index in [4.69, 9.17) is 11.6 Å². The van der Waals surface area contributed by atoms with Crippen LogP contribution in [-0.4, -0.2) is 5.11 Å². The fourth-order valence-corrected chi connectivity index (χ4v) is 2.68. The summed E-state index contributed by atoms with van der Waals surface area (Å²) in [4.78, 5) is 0. The molecule has 2 aromatic rings. The molecule has 2 heteroatoms. The van der Waals surface area contributed by atoms with Crippen LogP contribution in [0.25, 0.3) is 0 Å². The Morgan fingerprint density at radius 3 is 2.28 bits per heavy atom. The number of rotatable bonds is 2. The van der Waals surface area contributed by atoms with Crippen molar-refractivity contribution in [2.24, 2.45) is 0 Å². The van der Waals surface area contributed by atoms with E-state index in [1.165, 1.54) is 5.56 Å². The lowest BCUT2D eigenvalue weighted by molar-refractivity contribution is 0.102. The maximum Gasteiger partial charge on any atom is 0.113 e. The van der Waals surface area contributed by atoms with Gasteiger partial charge < -0.3 is 5.11 Å². The summed E-state index contributed by atoms with van der Waals surface area (Å²) in [5.41, 5.74) is 2.81. The number of benzene rings is 2. The Morgan fingerprint density at radius 2 is 1.67 bits per heavy atom. The number of aliphatic hydroxyl groups is 1. The lowest BCUT2D eigenvalue weighted by atomic mass is 9.85. The van der Waals surface area contributed by atoms with Crippen molar-refractivity contribution in [3.63, 3.8) is 0 Å². The zero-order valence-corrected chi connectivity index (χ0v) is 11.6. The average molecular weight is 261 g/mol. The van der Waals surface area contributed by atoms with Crippen LogP contribution in [0.5, 0.6) is 0 Å². The molecule has 0 fully saturated rings. The van der Waals surface area contributed by atoms with Crippen molar-refractivity contribution in [3.05, 3.63) is 69.7 Å². The Labute approximate surface area is 113 Å². The summed E-state index contributed by atoms with van der Waals surface area (Å²) in [6.07, 6.45) is 0. The fraction of sp³-hybridized carbons (Fsp3) is 0.250. The van der Waals surface area contributed by atoms with E-state index >= 15 is 0 Å². The molecule has 1 nitrogen and oxygen atoms in total. The highest BCUT2D eigenvalue weighted by Crippen LogP contribution is 2.35. The van der Waals surface area contributed by atoms with Crippen molar-refractivity contribution >= 4 is 11.6 Å². The van der Waals surface area contributed by atoms with Crippen molar-refractivity contribution in [1.29, 1.82) is 0 Å². The van der Waals surface area contributed by atoms with E-state index in [0.29, 0.717) is 5.02 Å². The molecule has 1 unspecified atom stereocenters. The fourth-order valence-electron chi connectivity index (χ4n) is 2.36. The predicted octanol–water partition coefficient (Wildman–Crippen LogP) is 4.21. The summed E-state index contributed by atoms with van der Waals surface area (Å²) < 4.78 is 0. The van der Waals surface area contributed by atoms with Gasteiger partial charge in [-0.3, -0.25) is 0 Å².